The Labute approximate surface area is 226 Å². The van der Waals surface area contributed by atoms with E-state index in [0.29, 0.717) is 49.7 Å². The molecule has 4 aromatic rings. The lowest BCUT2D eigenvalue weighted by Gasteiger charge is -2.31. The molecule has 2 atom stereocenters. The Bertz CT molecular complexity index is 1620. The van der Waals surface area contributed by atoms with Gasteiger partial charge in [0.1, 0.15) is 24.0 Å². The number of methoxy groups -OCH3 is 1. The second-order valence-corrected chi connectivity index (χ2v) is 10.2. The molecule has 0 spiro atoms. The van der Waals surface area contributed by atoms with Crippen molar-refractivity contribution in [1.82, 2.24) is 19.9 Å². The van der Waals surface area contributed by atoms with Gasteiger partial charge in [0.25, 0.3) is 0 Å². The molecule has 0 fully saturated rings. The van der Waals surface area contributed by atoms with Crippen LogP contribution in [0.25, 0.3) is 27.4 Å². The molecule has 2 aliphatic rings. The van der Waals surface area contributed by atoms with Crippen LogP contribution in [0.5, 0.6) is 5.88 Å². The van der Waals surface area contributed by atoms with Crippen LogP contribution in [0.4, 0.5) is 14.9 Å². The molecular formula is C27H24FN5O5S. The largest absolute Gasteiger partial charge is 0.484 e. The average molecular weight is 550 g/mol. The van der Waals surface area contributed by atoms with Crippen LogP contribution in [0.1, 0.15) is 34.4 Å². The van der Waals surface area contributed by atoms with Crippen molar-refractivity contribution in [2.24, 2.45) is 0 Å². The minimum Gasteiger partial charge on any atom is -0.484 e. The van der Waals surface area contributed by atoms with Crippen LogP contribution in [-0.4, -0.2) is 52.5 Å². The molecular weight excluding hydrogens is 525 g/mol. The quantitative estimate of drug-likeness (QED) is 0.343. The molecule has 0 radical (unpaired) electrons. The Morgan fingerprint density at radius 1 is 1.23 bits per heavy atom. The number of fused-ring (bicyclic) bond motifs is 3. The van der Waals surface area contributed by atoms with E-state index in [0.717, 1.165) is 16.8 Å². The molecule has 0 saturated heterocycles. The monoisotopic (exact) mass is 549 g/mol. The van der Waals surface area contributed by atoms with Crippen molar-refractivity contribution in [3.05, 3.63) is 64.2 Å². The van der Waals surface area contributed by atoms with E-state index in [9.17, 15) is 4.79 Å². The predicted molar refractivity (Wildman–Crippen MR) is 142 cm³/mol. The Balaban J connectivity index is 1.21. The molecule has 3 aromatic heterocycles. The fourth-order valence-electron chi connectivity index (χ4n) is 4.50. The van der Waals surface area contributed by atoms with Gasteiger partial charge in [-0.2, -0.15) is 0 Å². The molecule has 6 rings (SSSR count). The van der Waals surface area contributed by atoms with E-state index >= 15 is 4.39 Å². The number of nitrogens with zero attached hydrogens (tertiary/aromatic N) is 4. The van der Waals surface area contributed by atoms with E-state index in [1.165, 1.54) is 18.4 Å². The first kappa shape index (κ1) is 25.0. The van der Waals surface area contributed by atoms with E-state index in [1.54, 1.807) is 24.5 Å². The first-order valence-corrected chi connectivity index (χ1v) is 13.1. The highest BCUT2D eigenvalue weighted by Crippen LogP contribution is 2.47. The summed E-state index contributed by atoms with van der Waals surface area (Å²) in [6.07, 6.45) is 0.561. The van der Waals surface area contributed by atoms with E-state index in [-0.39, 0.29) is 19.6 Å². The lowest BCUT2D eigenvalue weighted by molar-refractivity contribution is -0.0196. The van der Waals surface area contributed by atoms with Crippen LogP contribution in [0.15, 0.2) is 42.4 Å². The summed E-state index contributed by atoms with van der Waals surface area (Å²) < 4.78 is 37.9. The third kappa shape index (κ3) is 4.94. The standard InChI is InChI=1S/C27H24FN5O5S/c1-13-6-17(22-19(7-13)32-21(35-3)10-30-22)26-33-23-18(28)9-20-24(25(23)39-26)36-11-16(38-20)12-37-27(34)31-15-4-5-29-14(2)8-15/h4-8,10,16,18H,9,11-12H2,1-3H3,(H,29,31,34)/t16-,18?/m1/s1. The lowest BCUT2D eigenvalue weighted by atomic mass is 10.0. The van der Waals surface area contributed by atoms with Gasteiger partial charge < -0.3 is 18.9 Å². The van der Waals surface area contributed by atoms with E-state index in [4.69, 9.17) is 18.9 Å². The Morgan fingerprint density at radius 3 is 2.92 bits per heavy atom. The SMILES string of the molecule is COc1cnc2c(-c3nc4c(s3)C3=C(CC4F)O[C@@H](COC(=O)Nc4ccnc(C)c4)CO3)cc(C)cc2n1. The number of alkyl halides is 1. The predicted octanol–water partition coefficient (Wildman–Crippen LogP) is 5.52. The number of aromatic nitrogens is 4. The maximum atomic E-state index is 15.3. The van der Waals surface area contributed by atoms with Gasteiger partial charge in [0.05, 0.1) is 34.9 Å². The van der Waals surface area contributed by atoms with Crippen molar-refractivity contribution in [2.45, 2.75) is 32.5 Å². The number of carbonyl (C=O) groups excluding carboxylic acids is 1. The molecule has 0 saturated carbocycles. The molecule has 10 nitrogen and oxygen atoms in total. The summed E-state index contributed by atoms with van der Waals surface area (Å²) in [7, 11) is 1.54. The molecule has 1 N–H and O–H groups in total. The zero-order chi connectivity index (χ0) is 27.1. The smallest absolute Gasteiger partial charge is 0.411 e. The third-order valence-corrected chi connectivity index (χ3v) is 7.35. The van der Waals surface area contributed by atoms with Crippen molar-refractivity contribution < 1.29 is 28.1 Å². The summed E-state index contributed by atoms with van der Waals surface area (Å²) in [5, 5.41) is 3.26. The van der Waals surface area contributed by atoms with Crippen molar-refractivity contribution >= 4 is 39.9 Å². The van der Waals surface area contributed by atoms with Crippen molar-refractivity contribution in [3.8, 4) is 16.5 Å². The highest BCUT2D eigenvalue weighted by Gasteiger charge is 2.37. The highest BCUT2D eigenvalue weighted by atomic mass is 32.1. The number of hydrogen-bond donors (Lipinski definition) is 1. The maximum Gasteiger partial charge on any atom is 0.411 e. The summed E-state index contributed by atoms with van der Waals surface area (Å²) in [4.78, 5) is 30.5. The number of rotatable bonds is 5. The number of aryl methyl sites for hydroxylation is 2. The van der Waals surface area contributed by atoms with Crippen LogP contribution in [0, 0.1) is 13.8 Å². The van der Waals surface area contributed by atoms with Crippen LogP contribution in [0.2, 0.25) is 0 Å². The van der Waals surface area contributed by atoms with Crippen LogP contribution >= 0.6 is 11.3 Å². The number of carbonyl (C=O) groups is 1. The molecule has 1 aliphatic heterocycles. The second kappa shape index (κ2) is 10.1. The molecule has 1 amide bonds. The Hall–Kier alpha value is -4.32. The van der Waals surface area contributed by atoms with Gasteiger partial charge in [-0.1, -0.05) is 0 Å². The topological polar surface area (TPSA) is 118 Å². The lowest BCUT2D eigenvalue weighted by Crippen LogP contribution is -2.32. The Morgan fingerprint density at radius 2 is 2.10 bits per heavy atom. The maximum absolute atomic E-state index is 15.3. The molecule has 4 heterocycles. The average Bonchev–Trinajstić information content (AvgIpc) is 3.37. The zero-order valence-electron chi connectivity index (χ0n) is 21.4. The Kier molecular flexibility index (Phi) is 6.47. The highest BCUT2D eigenvalue weighted by molar-refractivity contribution is 7.16. The van der Waals surface area contributed by atoms with Gasteiger partial charge in [-0.05, 0) is 43.7 Å². The summed E-state index contributed by atoms with van der Waals surface area (Å²) in [5.41, 5.74) is 4.69. The van der Waals surface area contributed by atoms with Gasteiger partial charge in [-0.3, -0.25) is 10.3 Å². The summed E-state index contributed by atoms with van der Waals surface area (Å²) in [6, 6.07) is 7.27. The number of halogens is 1. The summed E-state index contributed by atoms with van der Waals surface area (Å²) >= 11 is 1.32. The van der Waals surface area contributed by atoms with Gasteiger partial charge in [0.15, 0.2) is 18.0 Å². The van der Waals surface area contributed by atoms with E-state index in [1.807, 2.05) is 26.0 Å². The van der Waals surface area contributed by atoms with Gasteiger partial charge >= 0.3 is 6.09 Å². The summed E-state index contributed by atoms with van der Waals surface area (Å²) in [5.74, 6) is 1.27. The van der Waals surface area contributed by atoms with Crippen molar-refractivity contribution in [3.63, 3.8) is 0 Å². The molecule has 200 valence electrons. The van der Waals surface area contributed by atoms with Crippen LogP contribution in [-0.2, 0) is 14.2 Å². The molecule has 12 heteroatoms. The first-order chi connectivity index (χ1) is 18.9. The molecule has 39 heavy (non-hydrogen) atoms. The van der Waals surface area contributed by atoms with Crippen molar-refractivity contribution in [2.75, 3.05) is 25.6 Å². The minimum absolute atomic E-state index is 0.0178. The number of pyridine rings is 1. The van der Waals surface area contributed by atoms with Gasteiger partial charge in [-0.15, -0.1) is 11.3 Å². The molecule has 0 bridgehead atoms. The van der Waals surface area contributed by atoms with Gasteiger partial charge in [0.2, 0.25) is 5.88 Å². The molecule has 1 aromatic carbocycles. The number of nitrogens with one attached hydrogen (secondary N) is 1. The summed E-state index contributed by atoms with van der Waals surface area (Å²) in [6.45, 7) is 3.86. The third-order valence-electron chi connectivity index (χ3n) is 6.25. The van der Waals surface area contributed by atoms with Gasteiger partial charge in [-0.25, -0.2) is 24.1 Å². The normalized spacial score (nSPS) is 18.1. The van der Waals surface area contributed by atoms with Gasteiger partial charge in [0, 0.05) is 29.6 Å². The number of anilines is 1. The number of benzene rings is 1. The van der Waals surface area contributed by atoms with E-state index < -0.39 is 18.4 Å². The second-order valence-electron chi connectivity index (χ2n) is 9.21. The fourth-order valence-corrected chi connectivity index (χ4v) is 5.64. The van der Waals surface area contributed by atoms with E-state index in [2.05, 4.69) is 25.3 Å². The number of hydrogen-bond acceptors (Lipinski definition) is 10. The number of allylic oxidation sites excluding steroid dienone is 1. The fraction of sp³-hybridized carbons (Fsp3) is 0.296. The van der Waals surface area contributed by atoms with Crippen LogP contribution in [0.3, 0.4) is 0 Å². The van der Waals surface area contributed by atoms with Crippen molar-refractivity contribution in [1.29, 1.82) is 0 Å². The number of amides is 1. The zero-order valence-corrected chi connectivity index (χ0v) is 22.2. The minimum atomic E-state index is -1.37. The number of thiazole rings is 1. The number of ether oxygens (including phenoxy) is 4. The first-order valence-electron chi connectivity index (χ1n) is 12.2. The molecule has 1 unspecified atom stereocenters. The molecule has 1 aliphatic carbocycles. The van der Waals surface area contributed by atoms with Crippen LogP contribution < -0.4 is 10.1 Å².